The molecule has 10 nitrogen and oxygen atoms in total. The van der Waals surface area contributed by atoms with Crippen molar-refractivity contribution in [2.75, 3.05) is 46.5 Å². The van der Waals surface area contributed by atoms with E-state index in [0.717, 1.165) is 70.1 Å². The van der Waals surface area contributed by atoms with E-state index in [-0.39, 0.29) is 11.3 Å². The first-order valence-corrected chi connectivity index (χ1v) is 12.8. The lowest BCUT2D eigenvalue weighted by atomic mass is 9.78. The first-order valence-electron chi connectivity index (χ1n) is 12.8. The van der Waals surface area contributed by atoms with Gasteiger partial charge in [0.1, 0.15) is 5.75 Å². The van der Waals surface area contributed by atoms with Crippen molar-refractivity contribution in [1.29, 1.82) is 0 Å². The number of carbonyl (C=O) groups is 3. The number of halogens is 6. The zero-order valence-corrected chi connectivity index (χ0v) is 23.0. The van der Waals surface area contributed by atoms with Crippen molar-refractivity contribution in [3.63, 3.8) is 0 Å². The Morgan fingerprint density at radius 1 is 0.907 bits per heavy atom. The fourth-order valence-corrected chi connectivity index (χ4v) is 4.37. The van der Waals surface area contributed by atoms with Crippen molar-refractivity contribution in [3.05, 3.63) is 59.9 Å². The van der Waals surface area contributed by atoms with Crippen molar-refractivity contribution >= 4 is 17.8 Å². The third-order valence-electron chi connectivity index (χ3n) is 6.61. The number of likely N-dealkylation sites (tertiary alicyclic amines) is 1. The molecule has 0 radical (unpaired) electrons. The molecule has 2 aromatic rings. The summed E-state index contributed by atoms with van der Waals surface area (Å²) >= 11 is 0. The number of pyridine rings is 1. The predicted octanol–water partition coefficient (Wildman–Crippen LogP) is 4.11. The Morgan fingerprint density at radius 2 is 1.42 bits per heavy atom. The number of methoxy groups -OCH3 is 1. The van der Waals surface area contributed by atoms with Gasteiger partial charge in [0.25, 0.3) is 5.91 Å². The summed E-state index contributed by atoms with van der Waals surface area (Å²) in [4.78, 5) is 39.3. The molecule has 0 bridgehead atoms. The highest BCUT2D eigenvalue weighted by atomic mass is 19.4. The van der Waals surface area contributed by atoms with Crippen LogP contribution >= 0.6 is 0 Å². The molecule has 0 saturated carbocycles. The Hall–Kier alpha value is -3.92. The number of piperidine rings is 1. The molecule has 238 valence electrons. The van der Waals surface area contributed by atoms with Gasteiger partial charge in [0.15, 0.2) is 0 Å². The summed E-state index contributed by atoms with van der Waals surface area (Å²) in [6.45, 7) is 5.97. The molecule has 16 heteroatoms. The minimum atomic E-state index is -5.08. The fraction of sp³-hybridized carbons (Fsp3) is 0.481. The van der Waals surface area contributed by atoms with Crippen LogP contribution in [-0.4, -0.2) is 102 Å². The van der Waals surface area contributed by atoms with Crippen molar-refractivity contribution < 1.29 is 60.4 Å². The molecule has 2 saturated heterocycles. The van der Waals surface area contributed by atoms with E-state index in [9.17, 15) is 31.1 Å². The van der Waals surface area contributed by atoms with E-state index in [2.05, 4.69) is 22.0 Å². The summed E-state index contributed by atoms with van der Waals surface area (Å²) in [5.41, 5.74) is 2.13. The molecule has 0 aliphatic carbocycles. The zero-order chi connectivity index (χ0) is 32.3. The molecule has 1 aromatic heterocycles. The summed E-state index contributed by atoms with van der Waals surface area (Å²) in [7, 11) is 1.63. The van der Waals surface area contributed by atoms with Gasteiger partial charge in [0, 0.05) is 56.1 Å². The SMILES string of the molecule is COc1ccc(C(=O)N2CCC3(CC2)COCCN(Cc2ccncc2)C3)cc1.O=C(O)C(F)(F)F.O=C(O)C(F)(F)F. The number of aliphatic carboxylic acids is 2. The Labute approximate surface area is 242 Å². The smallest absolute Gasteiger partial charge is 0.490 e. The van der Waals surface area contributed by atoms with Crippen LogP contribution in [0.1, 0.15) is 28.8 Å². The average Bonchev–Trinajstić information content (AvgIpc) is 3.15. The lowest BCUT2D eigenvalue weighted by Gasteiger charge is -2.42. The number of carboxylic acids is 2. The highest BCUT2D eigenvalue weighted by molar-refractivity contribution is 5.94. The Balaban J connectivity index is 0.000000384. The van der Waals surface area contributed by atoms with Crippen LogP contribution in [0.15, 0.2) is 48.8 Å². The van der Waals surface area contributed by atoms with Crippen molar-refractivity contribution in [2.45, 2.75) is 31.7 Å². The maximum Gasteiger partial charge on any atom is 0.490 e. The maximum absolute atomic E-state index is 12.9. The van der Waals surface area contributed by atoms with Crippen LogP contribution in [0.5, 0.6) is 5.75 Å². The van der Waals surface area contributed by atoms with Gasteiger partial charge >= 0.3 is 24.3 Å². The van der Waals surface area contributed by atoms with Gasteiger partial charge in [-0.1, -0.05) is 0 Å². The Bertz CT molecular complexity index is 1160. The number of ether oxygens (including phenoxy) is 2. The van der Waals surface area contributed by atoms with E-state index < -0.39 is 24.3 Å². The molecule has 43 heavy (non-hydrogen) atoms. The second-order valence-electron chi connectivity index (χ2n) is 9.75. The lowest BCUT2D eigenvalue weighted by Crippen LogP contribution is -2.48. The van der Waals surface area contributed by atoms with Crippen molar-refractivity contribution in [1.82, 2.24) is 14.8 Å². The molecule has 3 heterocycles. The van der Waals surface area contributed by atoms with Crippen LogP contribution < -0.4 is 4.74 Å². The quantitative estimate of drug-likeness (QED) is 0.484. The van der Waals surface area contributed by atoms with Crippen molar-refractivity contribution in [3.8, 4) is 5.75 Å². The number of alkyl halides is 6. The number of amides is 1. The van der Waals surface area contributed by atoms with Crippen LogP contribution in [0.3, 0.4) is 0 Å². The van der Waals surface area contributed by atoms with Gasteiger partial charge in [-0.05, 0) is 54.8 Å². The van der Waals surface area contributed by atoms with E-state index in [1.807, 2.05) is 41.6 Å². The second kappa shape index (κ2) is 15.5. The number of benzene rings is 1. The van der Waals surface area contributed by atoms with Gasteiger partial charge in [-0.2, -0.15) is 26.3 Å². The molecule has 2 fully saturated rings. The van der Waals surface area contributed by atoms with Gasteiger partial charge in [-0.3, -0.25) is 14.7 Å². The predicted molar refractivity (Wildman–Crippen MR) is 138 cm³/mol. The number of nitrogens with zero attached hydrogens (tertiary/aromatic N) is 3. The van der Waals surface area contributed by atoms with Gasteiger partial charge in [-0.25, -0.2) is 9.59 Å². The summed E-state index contributed by atoms with van der Waals surface area (Å²) in [5, 5.41) is 14.2. The first-order chi connectivity index (χ1) is 20.1. The van der Waals surface area contributed by atoms with E-state index in [0.29, 0.717) is 0 Å². The topological polar surface area (TPSA) is 130 Å². The van der Waals surface area contributed by atoms with E-state index in [1.165, 1.54) is 5.56 Å². The number of aromatic nitrogens is 1. The number of carbonyl (C=O) groups excluding carboxylic acids is 1. The third kappa shape index (κ3) is 11.7. The summed E-state index contributed by atoms with van der Waals surface area (Å²) in [5.74, 6) is -4.64. The highest BCUT2D eigenvalue weighted by Gasteiger charge is 2.40. The normalized spacial score (nSPS) is 17.0. The van der Waals surface area contributed by atoms with E-state index in [1.54, 1.807) is 7.11 Å². The number of carboxylic acid groups (broad SMARTS) is 2. The van der Waals surface area contributed by atoms with Crippen LogP contribution in [0, 0.1) is 5.41 Å². The molecule has 2 aliphatic rings. The van der Waals surface area contributed by atoms with Crippen LogP contribution in [0.2, 0.25) is 0 Å². The van der Waals surface area contributed by atoms with E-state index >= 15 is 0 Å². The first kappa shape index (κ1) is 35.3. The average molecular weight is 624 g/mol. The monoisotopic (exact) mass is 623 g/mol. The molecular weight excluding hydrogens is 592 g/mol. The van der Waals surface area contributed by atoms with Gasteiger partial charge in [0.2, 0.25) is 0 Å². The fourth-order valence-electron chi connectivity index (χ4n) is 4.37. The van der Waals surface area contributed by atoms with Gasteiger partial charge in [-0.15, -0.1) is 0 Å². The highest BCUT2D eigenvalue weighted by Crippen LogP contribution is 2.35. The van der Waals surface area contributed by atoms with Crippen LogP contribution in [0.4, 0.5) is 26.3 Å². The summed E-state index contributed by atoms with van der Waals surface area (Å²) in [6.07, 6.45) is -4.52. The van der Waals surface area contributed by atoms with Gasteiger partial charge < -0.3 is 24.6 Å². The number of hydrogen-bond acceptors (Lipinski definition) is 7. The van der Waals surface area contributed by atoms with Gasteiger partial charge in [0.05, 0.1) is 20.3 Å². The Kier molecular flexibility index (Phi) is 12.7. The maximum atomic E-state index is 12.9. The lowest BCUT2D eigenvalue weighted by molar-refractivity contribution is -0.193. The summed E-state index contributed by atoms with van der Waals surface area (Å²) in [6, 6.07) is 11.5. The molecule has 1 amide bonds. The molecule has 0 atom stereocenters. The standard InChI is InChI=1S/C23H29N3O3.2C2HF3O2/c1-28-21-4-2-20(3-5-21)22(27)26-12-8-23(9-13-26)17-25(14-15-29-18-23)16-19-6-10-24-11-7-19;2*3-2(4,5)1(6)7/h2-7,10-11H,8-9,12-18H2,1H3;2*(H,6,7). The molecule has 2 N–H and O–H groups in total. The minimum Gasteiger partial charge on any atom is -0.497 e. The molecule has 2 aliphatic heterocycles. The molecular formula is C27H31F6N3O7. The van der Waals surface area contributed by atoms with Crippen LogP contribution in [-0.2, 0) is 20.9 Å². The third-order valence-corrected chi connectivity index (χ3v) is 6.61. The second-order valence-corrected chi connectivity index (χ2v) is 9.75. The minimum absolute atomic E-state index is 0.102. The van der Waals surface area contributed by atoms with Crippen molar-refractivity contribution in [2.24, 2.45) is 5.41 Å². The molecule has 0 unspecified atom stereocenters. The molecule has 1 aromatic carbocycles. The zero-order valence-electron chi connectivity index (χ0n) is 23.0. The summed E-state index contributed by atoms with van der Waals surface area (Å²) < 4.78 is 74.6. The van der Waals surface area contributed by atoms with E-state index in [4.69, 9.17) is 29.3 Å². The Morgan fingerprint density at radius 3 is 1.88 bits per heavy atom. The largest absolute Gasteiger partial charge is 0.497 e. The van der Waals surface area contributed by atoms with Crippen LogP contribution in [0.25, 0.3) is 0 Å². The number of rotatable bonds is 4. The molecule has 4 rings (SSSR count). The number of hydrogen-bond donors (Lipinski definition) is 2. The molecule has 1 spiro atoms.